The molecule has 0 aromatic heterocycles. The molecule has 18 heavy (non-hydrogen) atoms. The number of allylic oxidation sites excluding steroid dienone is 1. The van der Waals surface area contributed by atoms with Gasteiger partial charge in [0.25, 0.3) is 0 Å². The molecule has 0 fully saturated rings. The molecular formula is C15H18O3. The maximum Gasteiger partial charge on any atom is 0.336 e. The van der Waals surface area contributed by atoms with Crippen LogP contribution in [0.2, 0.25) is 0 Å². The van der Waals surface area contributed by atoms with E-state index in [9.17, 15) is 4.79 Å². The maximum absolute atomic E-state index is 11.7. The van der Waals surface area contributed by atoms with Crippen molar-refractivity contribution in [3.05, 3.63) is 47.5 Å². The molecule has 3 nitrogen and oxygen atoms in total. The number of hydrogen-bond acceptors (Lipinski definition) is 3. The highest BCUT2D eigenvalue weighted by molar-refractivity contribution is 5.90. The van der Waals surface area contributed by atoms with E-state index in [2.05, 4.69) is 19.1 Å². The van der Waals surface area contributed by atoms with Crippen molar-refractivity contribution in [1.82, 2.24) is 0 Å². The van der Waals surface area contributed by atoms with E-state index < -0.39 is 0 Å². The van der Waals surface area contributed by atoms with Crippen LogP contribution in [0.3, 0.4) is 0 Å². The van der Waals surface area contributed by atoms with Crippen LogP contribution >= 0.6 is 0 Å². The summed E-state index contributed by atoms with van der Waals surface area (Å²) in [7, 11) is 3.03. The van der Waals surface area contributed by atoms with Gasteiger partial charge in [0, 0.05) is 13.0 Å². The monoisotopic (exact) mass is 246 g/mol. The molecule has 0 aliphatic heterocycles. The summed E-state index contributed by atoms with van der Waals surface area (Å²) in [6, 6.07) is 10.1. The van der Waals surface area contributed by atoms with Gasteiger partial charge in [0.15, 0.2) is 0 Å². The highest BCUT2D eigenvalue weighted by Gasteiger charge is 2.39. The molecule has 0 radical (unpaired) electrons. The average molecular weight is 246 g/mol. The van der Waals surface area contributed by atoms with Gasteiger partial charge in [0.05, 0.1) is 18.8 Å². The van der Waals surface area contributed by atoms with Gasteiger partial charge >= 0.3 is 5.97 Å². The van der Waals surface area contributed by atoms with Crippen molar-refractivity contribution < 1.29 is 14.3 Å². The van der Waals surface area contributed by atoms with Gasteiger partial charge in [-0.2, -0.15) is 0 Å². The number of ether oxygens (including phenoxy) is 2. The van der Waals surface area contributed by atoms with Gasteiger partial charge in [0.1, 0.15) is 0 Å². The zero-order chi connectivity index (χ0) is 13.1. The molecule has 0 heterocycles. The van der Waals surface area contributed by atoms with E-state index in [0.29, 0.717) is 5.57 Å². The number of benzene rings is 1. The van der Waals surface area contributed by atoms with E-state index in [4.69, 9.17) is 9.47 Å². The van der Waals surface area contributed by atoms with E-state index in [-0.39, 0.29) is 23.9 Å². The topological polar surface area (TPSA) is 35.5 Å². The van der Waals surface area contributed by atoms with E-state index in [1.54, 1.807) is 7.11 Å². The molecule has 0 amide bonds. The Bertz CT molecular complexity index is 450. The van der Waals surface area contributed by atoms with Crippen molar-refractivity contribution in [2.24, 2.45) is 5.92 Å². The van der Waals surface area contributed by atoms with Gasteiger partial charge in [-0.15, -0.1) is 0 Å². The van der Waals surface area contributed by atoms with Crippen molar-refractivity contribution in [3.8, 4) is 0 Å². The molecule has 3 atom stereocenters. The second-order valence-corrected chi connectivity index (χ2v) is 4.57. The zero-order valence-corrected chi connectivity index (χ0v) is 10.9. The second kappa shape index (κ2) is 5.36. The van der Waals surface area contributed by atoms with Crippen LogP contribution < -0.4 is 0 Å². The fourth-order valence-electron chi connectivity index (χ4n) is 2.68. The minimum Gasteiger partial charge on any atom is -0.466 e. The minimum atomic E-state index is -0.299. The molecule has 0 spiro atoms. The Labute approximate surface area is 107 Å². The molecule has 0 saturated carbocycles. The van der Waals surface area contributed by atoms with Gasteiger partial charge in [-0.3, -0.25) is 0 Å². The van der Waals surface area contributed by atoms with E-state index >= 15 is 0 Å². The Morgan fingerprint density at radius 1 is 1.17 bits per heavy atom. The van der Waals surface area contributed by atoms with Crippen molar-refractivity contribution in [3.63, 3.8) is 0 Å². The zero-order valence-electron chi connectivity index (χ0n) is 10.9. The highest BCUT2D eigenvalue weighted by atomic mass is 16.5. The van der Waals surface area contributed by atoms with Crippen LogP contribution in [-0.2, 0) is 14.3 Å². The van der Waals surface area contributed by atoms with Crippen molar-refractivity contribution in [2.75, 3.05) is 14.2 Å². The van der Waals surface area contributed by atoms with Gasteiger partial charge in [-0.05, 0) is 11.5 Å². The smallest absolute Gasteiger partial charge is 0.336 e. The van der Waals surface area contributed by atoms with Crippen LogP contribution in [0.5, 0.6) is 0 Å². The lowest BCUT2D eigenvalue weighted by atomic mass is 9.87. The maximum atomic E-state index is 11.7. The molecule has 0 N–H and O–H groups in total. The van der Waals surface area contributed by atoms with E-state index in [0.717, 1.165) is 0 Å². The first kappa shape index (κ1) is 12.8. The van der Waals surface area contributed by atoms with Crippen molar-refractivity contribution in [2.45, 2.75) is 18.9 Å². The molecule has 1 aromatic rings. The minimum absolute atomic E-state index is 0.172. The Hall–Kier alpha value is -1.61. The largest absolute Gasteiger partial charge is 0.466 e. The molecule has 0 saturated heterocycles. The van der Waals surface area contributed by atoms with Crippen LogP contribution in [0.4, 0.5) is 0 Å². The predicted octanol–water partition coefficient (Wildman–Crippen LogP) is 2.53. The third kappa shape index (κ3) is 2.18. The molecule has 1 aromatic carbocycles. The summed E-state index contributed by atoms with van der Waals surface area (Å²) in [5.41, 5.74) is 1.81. The summed E-state index contributed by atoms with van der Waals surface area (Å²) in [5, 5.41) is 0. The first-order valence-corrected chi connectivity index (χ1v) is 6.06. The van der Waals surface area contributed by atoms with Crippen molar-refractivity contribution in [1.29, 1.82) is 0 Å². The SMILES string of the molecule is COC(=O)C1=C[C@@H](C)[C@@H](c2ccccc2)[C@H]1OC. The molecular weight excluding hydrogens is 228 g/mol. The summed E-state index contributed by atoms with van der Waals surface area (Å²) >= 11 is 0. The number of carbonyl (C=O) groups is 1. The number of esters is 1. The number of methoxy groups -OCH3 is 2. The Balaban J connectivity index is 2.32. The van der Waals surface area contributed by atoms with Crippen LogP contribution in [0.15, 0.2) is 42.0 Å². The lowest BCUT2D eigenvalue weighted by molar-refractivity contribution is -0.137. The number of hydrogen-bond donors (Lipinski definition) is 0. The van der Waals surface area contributed by atoms with Crippen LogP contribution in [0.1, 0.15) is 18.4 Å². The fourth-order valence-corrected chi connectivity index (χ4v) is 2.68. The van der Waals surface area contributed by atoms with Gasteiger partial charge < -0.3 is 9.47 Å². The number of carbonyl (C=O) groups excluding carboxylic acids is 1. The summed E-state index contributed by atoms with van der Waals surface area (Å²) < 4.78 is 10.3. The standard InChI is InChI=1S/C15H18O3/c1-10-9-12(15(16)18-3)14(17-2)13(10)11-7-5-4-6-8-11/h4-10,13-14H,1-3H3/t10-,13+,14+/m1/s1. The third-order valence-corrected chi connectivity index (χ3v) is 3.50. The normalized spacial score (nSPS) is 26.8. The highest BCUT2D eigenvalue weighted by Crippen LogP contribution is 2.40. The summed E-state index contributed by atoms with van der Waals surface area (Å²) in [5.74, 6) is 0.129. The lowest BCUT2D eigenvalue weighted by Gasteiger charge is -2.24. The summed E-state index contributed by atoms with van der Waals surface area (Å²) in [6.45, 7) is 2.10. The average Bonchev–Trinajstić information content (AvgIpc) is 2.75. The summed E-state index contributed by atoms with van der Waals surface area (Å²) in [4.78, 5) is 11.7. The quantitative estimate of drug-likeness (QED) is 0.769. The molecule has 0 bridgehead atoms. The first-order chi connectivity index (χ1) is 8.69. The predicted molar refractivity (Wildman–Crippen MR) is 69.2 cm³/mol. The third-order valence-electron chi connectivity index (χ3n) is 3.50. The summed E-state index contributed by atoms with van der Waals surface area (Å²) in [6.07, 6.45) is 1.73. The lowest BCUT2D eigenvalue weighted by Crippen LogP contribution is -2.25. The van der Waals surface area contributed by atoms with Gasteiger partial charge in [0.2, 0.25) is 0 Å². The molecule has 96 valence electrons. The van der Waals surface area contributed by atoms with Crippen LogP contribution in [0.25, 0.3) is 0 Å². The first-order valence-electron chi connectivity index (χ1n) is 6.06. The second-order valence-electron chi connectivity index (χ2n) is 4.57. The van der Waals surface area contributed by atoms with E-state index in [1.165, 1.54) is 12.7 Å². The fraction of sp³-hybridized carbons (Fsp3) is 0.400. The molecule has 1 aliphatic carbocycles. The number of rotatable bonds is 3. The Morgan fingerprint density at radius 2 is 1.83 bits per heavy atom. The van der Waals surface area contributed by atoms with E-state index in [1.807, 2.05) is 24.3 Å². The van der Waals surface area contributed by atoms with Gasteiger partial charge in [-0.25, -0.2) is 4.79 Å². The Morgan fingerprint density at radius 3 is 2.39 bits per heavy atom. The Kier molecular flexibility index (Phi) is 3.82. The molecule has 3 heteroatoms. The molecule has 1 aliphatic rings. The molecule has 0 unspecified atom stereocenters. The van der Waals surface area contributed by atoms with Crippen LogP contribution in [-0.4, -0.2) is 26.3 Å². The molecule has 2 rings (SSSR count). The van der Waals surface area contributed by atoms with Crippen molar-refractivity contribution >= 4 is 5.97 Å². The van der Waals surface area contributed by atoms with Gasteiger partial charge in [-0.1, -0.05) is 43.3 Å². The van der Waals surface area contributed by atoms with Crippen LogP contribution in [0, 0.1) is 5.92 Å².